The van der Waals surface area contributed by atoms with Crippen molar-refractivity contribution in [3.05, 3.63) is 24.3 Å². The molecule has 0 spiro atoms. The van der Waals surface area contributed by atoms with E-state index < -0.39 is 0 Å². The molecule has 1 aliphatic heterocycles. The molecule has 1 heterocycles. The second-order valence-electron chi connectivity index (χ2n) is 5.69. The largest absolute Gasteiger partial charge is 0.491 e. The molecule has 1 saturated heterocycles. The molecule has 2 rings (SSSR count). The van der Waals surface area contributed by atoms with E-state index in [4.69, 9.17) is 21.7 Å². The second-order valence-corrected chi connectivity index (χ2v) is 6.10. The van der Waals surface area contributed by atoms with Gasteiger partial charge in [-0.05, 0) is 30.8 Å². The van der Waals surface area contributed by atoms with E-state index in [9.17, 15) is 0 Å². The number of nitrogens with one attached hydrogen (secondary N) is 3. The Morgan fingerprint density at radius 3 is 2.87 bits per heavy atom. The number of quaternary nitrogens is 1. The van der Waals surface area contributed by atoms with Gasteiger partial charge in [0.1, 0.15) is 18.8 Å². The Kier molecular flexibility index (Phi) is 8.14. The molecule has 1 aliphatic rings. The molecule has 0 saturated carbocycles. The summed E-state index contributed by atoms with van der Waals surface area (Å²) in [6.45, 7) is 8.85. The fourth-order valence-electron chi connectivity index (χ4n) is 2.52. The van der Waals surface area contributed by atoms with Gasteiger partial charge >= 0.3 is 0 Å². The normalized spacial score (nSPS) is 15.2. The highest BCUT2D eigenvalue weighted by Gasteiger charge is 2.12. The molecule has 6 heteroatoms. The van der Waals surface area contributed by atoms with Crippen molar-refractivity contribution in [2.24, 2.45) is 0 Å². The zero-order valence-corrected chi connectivity index (χ0v) is 14.7. The van der Waals surface area contributed by atoms with Gasteiger partial charge in [-0.2, -0.15) is 0 Å². The number of hydrogen-bond acceptors (Lipinski definition) is 3. The second kappa shape index (κ2) is 10.4. The molecule has 0 unspecified atom stereocenters. The molecular formula is C17H28N3O2S+. The van der Waals surface area contributed by atoms with Gasteiger partial charge in [-0.1, -0.05) is 19.1 Å². The van der Waals surface area contributed by atoms with Crippen molar-refractivity contribution < 1.29 is 14.4 Å². The van der Waals surface area contributed by atoms with Gasteiger partial charge in [-0.15, -0.1) is 0 Å². The zero-order chi connectivity index (χ0) is 16.3. The summed E-state index contributed by atoms with van der Waals surface area (Å²) in [4.78, 5) is 1.62. The van der Waals surface area contributed by atoms with E-state index in [0.717, 1.165) is 63.7 Å². The molecule has 5 nitrogen and oxygen atoms in total. The van der Waals surface area contributed by atoms with Gasteiger partial charge in [0, 0.05) is 13.0 Å². The SMILES string of the molecule is CCCOc1ccccc1NC(=S)NCCC[NH+]1CCOCC1. The summed E-state index contributed by atoms with van der Waals surface area (Å²) in [6, 6.07) is 7.89. The van der Waals surface area contributed by atoms with Crippen molar-refractivity contribution in [2.75, 3.05) is 51.3 Å². The van der Waals surface area contributed by atoms with Crippen LogP contribution in [0.4, 0.5) is 5.69 Å². The summed E-state index contributed by atoms with van der Waals surface area (Å²) < 4.78 is 11.1. The minimum absolute atomic E-state index is 0.648. The van der Waals surface area contributed by atoms with Gasteiger partial charge in [0.15, 0.2) is 5.11 Å². The quantitative estimate of drug-likeness (QED) is 0.489. The molecular weight excluding hydrogens is 310 g/mol. The van der Waals surface area contributed by atoms with Crippen molar-refractivity contribution in [3.8, 4) is 5.75 Å². The summed E-state index contributed by atoms with van der Waals surface area (Å²) in [6.07, 6.45) is 2.09. The smallest absolute Gasteiger partial charge is 0.170 e. The lowest BCUT2D eigenvalue weighted by Crippen LogP contribution is -3.14. The van der Waals surface area contributed by atoms with Crippen LogP contribution in [0.25, 0.3) is 0 Å². The number of para-hydroxylation sites is 2. The van der Waals surface area contributed by atoms with Crippen LogP contribution in [0, 0.1) is 0 Å². The lowest BCUT2D eigenvalue weighted by atomic mass is 10.3. The monoisotopic (exact) mass is 338 g/mol. The molecule has 1 fully saturated rings. The molecule has 0 amide bonds. The van der Waals surface area contributed by atoms with Crippen LogP contribution in [0.2, 0.25) is 0 Å². The van der Waals surface area contributed by atoms with E-state index >= 15 is 0 Å². The number of benzene rings is 1. The van der Waals surface area contributed by atoms with E-state index in [-0.39, 0.29) is 0 Å². The first kappa shape index (κ1) is 18.0. The van der Waals surface area contributed by atoms with Gasteiger partial charge in [-0.3, -0.25) is 0 Å². The summed E-state index contributed by atoms with van der Waals surface area (Å²) in [5.74, 6) is 0.844. The van der Waals surface area contributed by atoms with Gasteiger partial charge < -0.3 is 25.0 Å². The predicted octanol–water partition coefficient (Wildman–Crippen LogP) is 1.07. The van der Waals surface area contributed by atoms with Crippen molar-refractivity contribution in [1.82, 2.24) is 5.32 Å². The van der Waals surface area contributed by atoms with E-state index in [2.05, 4.69) is 17.6 Å². The van der Waals surface area contributed by atoms with Crippen LogP contribution >= 0.6 is 12.2 Å². The molecule has 0 bridgehead atoms. The van der Waals surface area contributed by atoms with Crippen molar-refractivity contribution in [3.63, 3.8) is 0 Å². The molecule has 1 aromatic carbocycles. The Bertz CT molecular complexity index is 479. The maximum atomic E-state index is 5.73. The van der Waals surface area contributed by atoms with E-state index in [1.807, 2.05) is 24.3 Å². The van der Waals surface area contributed by atoms with Gasteiger partial charge in [0.05, 0.1) is 32.1 Å². The molecule has 23 heavy (non-hydrogen) atoms. The van der Waals surface area contributed by atoms with E-state index in [0.29, 0.717) is 11.7 Å². The molecule has 0 atom stereocenters. The van der Waals surface area contributed by atoms with Crippen LogP contribution in [0.3, 0.4) is 0 Å². The fourth-order valence-corrected chi connectivity index (χ4v) is 2.74. The molecule has 1 aromatic rings. The summed E-state index contributed by atoms with van der Waals surface area (Å²) in [7, 11) is 0. The Hall–Kier alpha value is -1.37. The Balaban J connectivity index is 1.68. The molecule has 3 N–H and O–H groups in total. The van der Waals surface area contributed by atoms with Crippen LogP contribution < -0.4 is 20.3 Å². The average Bonchev–Trinajstić information content (AvgIpc) is 2.59. The molecule has 128 valence electrons. The highest BCUT2D eigenvalue weighted by molar-refractivity contribution is 7.80. The average molecular weight is 338 g/mol. The van der Waals surface area contributed by atoms with Crippen LogP contribution in [-0.4, -0.2) is 51.1 Å². The molecule has 0 aliphatic carbocycles. The molecule has 0 aromatic heterocycles. The summed E-state index contributed by atoms with van der Waals surface area (Å²) in [5, 5.41) is 7.15. The maximum absolute atomic E-state index is 5.73. The Morgan fingerprint density at radius 1 is 1.30 bits per heavy atom. The van der Waals surface area contributed by atoms with E-state index in [1.165, 1.54) is 0 Å². The molecule has 0 radical (unpaired) electrons. The number of ether oxygens (including phenoxy) is 2. The first-order valence-corrected chi connectivity index (χ1v) is 8.88. The first-order chi connectivity index (χ1) is 11.3. The third-order valence-corrected chi connectivity index (χ3v) is 4.04. The first-order valence-electron chi connectivity index (χ1n) is 8.47. The van der Waals surface area contributed by atoms with Gasteiger partial charge in [0.25, 0.3) is 0 Å². The highest BCUT2D eigenvalue weighted by atomic mass is 32.1. The number of rotatable bonds is 8. The highest BCUT2D eigenvalue weighted by Crippen LogP contribution is 2.23. The van der Waals surface area contributed by atoms with Crippen molar-refractivity contribution >= 4 is 23.0 Å². The number of thiocarbonyl (C=S) groups is 1. The van der Waals surface area contributed by atoms with Crippen LogP contribution in [-0.2, 0) is 4.74 Å². The zero-order valence-electron chi connectivity index (χ0n) is 13.9. The lowest BCUT2D eigenvalue weighted by Gasteiger charge is -2.23. The standard InChI is InChI=1S/C17H27N3O2S/c1-2-12-22-16-7-4-3-6-15(16)19-17(23)18-8-5-9-20-10-13-21-14-11-20/h3-4,6-7H,2,5,8-14H2,1H3,(H2,18,19,23)/p+1. The Labute approximate surface area is 144 Å². The maximum Gasteiger partial charge on any atom is 0.170 e. The number of anilines is 1. The van der Waals surface area contributed by atoms with Crippen LogP contribution in [0.1, 0.15) is 19.8 Å². The predicted molar refractivity (Wildman–Crippen MR) is 97.5 cm³/mol. The number of hydrogen-bond donors (Lipinski definition) is 3. The lowest BCUT2D eigenvalue weighted by molar-refractivity contribution is -0.908. The minimum atomic E-state index is 0.648. The third kappa shape index (κ3) is 6.72. The summed E-state index contributed by atoms with van der Waals surface area (Å²) in [5.41, 5.74) is 0.914. The summed E-state index contributed by atoms with van der Waals surface area (Å²) >= 11 is 5.37. The van der Waals surface area contributed by atoms with Crippen LogP contribution in [0.5, 0.6) is 5.75 Å². The van der Waals surface area contributed by atoms with Crippen molar-refractivity contribution in [2.45, 2.75) is 19.8 Å². The van der Waals surface area contributed by atoms with Gasteiger partial charge in [0.2, 0.25) is 0 Å². The van der Waals surface area contributed by atoms with Crippen LogP contribution in [0.15, 0.2) is 24.3 Å². The minimum Gasteiger partial charge on any atom is -0.491 e. The van der Waals surface area contributed by atoms with E-state index in [1.54, 1.807) is 4.90 Å². The topological polar surface area (TPSA) is 47.0 Å². The third-order valence-electron chi connectivity index (χ3n) is 3.79. The Morgan fingerprint density at radius 2 is 2.09 bits per heavy atom. The van der Waals surface area contributed by atoms with Crippen molar-refractivity contribution in [1.29, 1.82) is 0 Å². The van der Waals surface area contributed by atoms with Gasteiger partial charge in [-0.25, -0.2) is 0 Å². The number of morpholine rings is 1. The fraction of sp³-hybridized carbons (Fsp3) is 0.588.